The number of hydrogen-bond acceptors (Lipinski definition) is 2. The smallest absolute Gasteiger partial charge is 0.134 e. The largest absolute Gasteiger partial charge is 0.457 e. The van der Waals surface area contributed by atoms with Crippen LogP contribution in [-0.4, -0.2) is 0 Å². The normalized spacial score (nSPS) is 10.9. The number of benzene rings is 2. The molecule has 0 unspecified atom stereocenters. The first-order valence-corrected chi connectivity index (χ1v) is 6.78. The Morgan fingerprint density at radius 3 is 2.55 bits per heavy atom. The highest BCUT2D eigenvalue weighted by Gasteiger charge is 2.10. The summed E-state index contributed by atoms with van der Waals surface area (Å²) in [6.07, 6.45) is 0. The SMILES string of the molecule is Cc1cc(Oc2cccc(F)c2CN)ccc1C(C)C. The molecule has 0 aliphatic carbocycles. The highest BCUT2D eigenvalue weighted by molar-refractivity contribution is 5.42. The summed E-state index contributed by atoms with van der Waals surface area (Å²) < 4.78 is 19.4. The fourth-order valence-electron chi connectivity index (χ4n) is 2.32. The van der Waals surface area contributed by atoms with Gasteiger partial charge in [0.2, 0.25) is 0 Å². The van der Waals surface area contributed by atoms with Gasteiger partial charge in [-0.2, -0.15) is 0 Å². The van der Waals surface area contributed by atoms with Crippen molar-refractivity contribution in [1.82, 2.24) is 0 Å². The molecule has 0 spiro atoms. The lowest BCUT2D eigenvalue weighted by Crippen LogP contribution is -2.02. The molecule has 0 amide bonds. The zero-order valence-electron chi connectivity index (χ0n) is 12.1. The minimum Gasteiger partial charge on any atom is -0.457 e. The third kappa shape index (κ3) is 2.99. The van der Waals surface area contributed by atoms with Crippen molar-refractivity contribution in [1.29, 1.82) is 0 Å². The molecule has 2 nitrogen and oxygen atoms in total. The van der Waals surface area contributed by atoms with Crippen LogP contribution < -0.4 is 10.5 Å². The molecule has 0 saturated heterocycles. The number of hydrogen-bond donors (Lipinski definition) is 1. The zero-order valence-corrected chi connectivity index (χ0v) is 12.1. The van der Waals surface area contributed by atoms with Crippen molar-refractivity contribution >= 4 is 0 Å². The van der Waals surface area contributed by atoms with E-state index in [0.29, 0.717) is 23.0 Å². The molecule has 0 aromatic heterocycles. The molecule has 0 heterocycles. The Hall–Kier alpha value is -1.87. The molecule has 20 heavy (non-hydrogen) atoms. The molecule has 2 aromatic rings. The standard InChI is InChI=1S/C17H20FNO/c1-11(2)14-8-7-13(9-12(14)3)20-17-6-4-5-16(18)15(17)10-19/h4-9,11H,10,19H2,1-3H3. The van der Waals surface area contributed by atoms with Crippen molar-refractivity contribution in [2.45, 2.75) is 33.2 Å². The first-order chi connectivity index (χ1) is 9.52. The van der Waals surface area contributed by atoms with Gasteiger partial charge in [-0.1, -0.05) is 26.0 Å². The minimum absolute atomic E-state index is 0.116. The van der Waals surface area contributed by atoms with E-state index in [2.05, 4.69) is 26.8 Å². The van der Waals surface area contributed by atoms with Crippen LogP contribution in [-0.2, 0) is 6.54 Å². The molecule has 2 rings (SSSR count). The van der Waals surface area contributed by atoms with Crippen LogP contribution in [0.3, 0.4) is 0 Å². The lowest BCUT2D eigenvalue weighted by atomic mass is 9.98. The van der Waals surface area contributed by atoms with E-state index >= 15 is 0 Å². The predicted molar refractivity (Wildman–Crippen MR) is 79.6 cm³/mol. The lowest BCUT2D eigenvalue weighted by molar-refractivity contribution is 0.466. The maximum Gasteiger partial charge on any atom is 0.134 e. The Kier molecular flexibility index (Phi) is 4.40. The molecule has 0 aliphatic heterocycles. The number of ether oxygens (including phenoxy) is 1. The van der Waals surface area contributed by atoms with Crippen LogP contribution in [0.25, 0.3) is 0 Å². The van der Waals surface area contributed by atoms with Crippen molar-refractivity contribution in [3.8, 4) is 11.5 Å². The van der Waals surface area contributed by atoms with Crippen molar-refractivity contribution in [2.24, 2.45) is 5.73 Å². The number of rotatable bonds is 4. The van der Waals surface area contributed by atoms with Crippen molar-refractivity contribution in [3.63, 3.8) is 0 Å². The van der Waals surface area contributed by atoms with Gasteiger partial charge in [0.25, 0.3) is 0 Å². The second kappa shape index (κ2) is 6.06. The van der Waals surface area contributed by atoms with Gasteiger partial charge in [0.15, 0.2) is 0 Å². The molecule has 0 atom stereocenters. The number of aryl methyl sites for hydroxylation is 1. The third-order valence-electron chi connectivity index (χ3n) is 3.37. The molecule has 0 aliphatic rings. The molecule has 0 bridgehead atoms. The maximum absolute atomic E-state index is 13.6. The Balaban J connectivity index is 2.31. The fraction of sp³-hybridized carbons (Fsp3) is 0.294. The topological polar surface area (TPSA) is 35.2 Å². The average molecular weight is 273 g/mol. The summed E-state index contributed by atoms with van der Waals surface area (Å²) in [7, 11) is 0. The molecule has 0 fully saturated rings. The Morgan fingerprint density at radius 1 is 1.20 bits per heavy atom. The highest BCUT2D eigenvalue weighted by atomic mass is 19.1. The van der Waals surface area contributed by atoms with Gasteiger partial charge in [0.1, 0.15) is 17.3 Å². The predicted octanol–water partition coefficient (Wildman–Crippen LogP) is 4.51. The van der Waals surface area contributed by atoms with E-state index in [1.54, 1.807) is 12.1 Å². The quantitative estimate of drug-likeness (QED) is 0.889. The molecule has 2 N–H and O–H groups in total. The second-order valence-corrected chi connectivity index (χ2v) is 5.20. The number of halogens is 1. The summed E-state index contributed by atoms with van der Waals surface area (Å²) in [6, 6.07) is 10.7. The molecular formula is C17H20FNO. The maximum atomic E-state index is 13.6. The number of nitrogens with two attached hydrogens (primary N) is 1. The van der Waals surface area contributed by atoms with Gasteiger partial charge < -0.3 is 10.5 Å². The van der Waals surface area contributed by atoms with E-state index in [-0.39, 0.29) is 12.4 Å². The fourth-order valence-corrected chi connectivity index (χ4v) is 2.32. The molecular weight excluding hydrogens is 253 g/mol. The van der Waals surface area contributed by atoms with Gasteiger partial charge in [-0.15, -0.1) is 0 Å². The summed E-state index contributed by atoms with van der Waals surface area (Å²) in [6.45, 7) is 6.48. The lowest BCUT2D eigenvalue weighted by Gasteiger charge is -2.14. The van der Waals surface area contributed by atoms with Gasteiger partial charge in [-0.3, -0.25) is 0 Å². The Bertz CT molecular complexity index is 608. The Morgan fingerprint density at radius 2 is 1.95 bits per heavy atom. The van der Waals surface area contributed by atoms with Gasteiger partial charge in [0.05, 0.1) is 0 Å². The van der Waals surface area contributed by atoms with E-state index in [9.17, 15) is 4.39 Å². The molecule has 0 radical (unpaired) electrons. The first kappa shape index (κ1) is 14.5. The monoisotopic (exact) mass is 273 g/mol. The molecule has 0 saturated carbocycles. The van der Waals surface area contributed by atoms with Crippen LogP contribution >= 0.6 is 0 Å². The van der Waals surface area contributed by atoms with Gasteiger partial charge in [0, 0.05) is 12.1 Å². The van der Waals surface area contributed by atoms with Gasteiger partial charge in [-0.25, -0.2) is 4.39 Å². The molecule has 2 aromatic carbocycles. The zero-order chi connectivity index (χ0) is 14.7. The van der Waals surface area contributed by atoms with Crippen molar-refractivity contribution in [3.05, 3.63) is 58.9 Å². The highest BCUT2D eigenvalue weighted by Crippen LogP contribution is 2.29. The van der Waals surface area contributed by atoms with Crippen LogP contribution in [0.4, 0.5) is 4.39 Å². The summed E-state index contributed by atoms with van der Waals surface area (Å²) in [5.41, 5.74) is 8.44. The van der Waals surface area contributed by atoms with Crippen LogP contribution in [0.2, 0.25) is 0 Å². The summed E-state index contributed by atoms with van der Waals surface area (Å²) >= 11 is 0. The second-order valence-electron chi connectivity index (χ2n) is 5.20. The van der Waals surface area contributed by atoms with E-state index in [1.165, 1.54) is 17.2 Å². The molecule has 3 heteroatoms. The summed E-state index contributed by atoms with van der Waals surface area (Å²) in [5, 5.41) is 0. The average Bonchev–Trinajstić information content (AvgIpc) is 2.38. The third-order valence-corrected chi connectivity index (χ3v) is 3.37. The molecule has 106 valence electrons. The van der Waals surface area contributed by atoms with Crippen LogP contribution in [0.1, 0.15) is 36.5 Å². The van der Waals surface area contributed by atoms with E-state index in [0.717, 1.165) is 0 Å². The van der Waals surface area contributed by atoms with E-state index in [1.807, 2.05) is 12.1 Å². The summed E-state index contributed by atoms with van der Waals surface area (Å²) in [5.74, 6) is 1.31. The van der Waals surface area contributed by atoms with E-state index in [4.69, 9.17) is 10.5 Å². The van der Waals surface area contributed by atoms with Crippen LogP contribution in [0.5, 0.6) is 11.5 Å². The van der Waals surface area contributed by atoms with Gasteiger partial charge >= 0.3 is 0 Å². The van der Waals surface area contributed by atoms with Crippen molar-refractivity contribution < 1.29 is 9.13 Å². The van der Waals surface area contributed by atoms with Gasteiger partial charge in [-0.05, 0) is 48.2 Å². The first-order valence-electron chi connectivity index (χ1n) is 6.78. The van der Waals surface area contributed by atoms with Crippen LogP contribution in [0.15, 0.2) is 36.4 Å². The van der Waals surface area contributed by atoms with E-state index < -0.39 is 0 Å². The summed E-state index contributed by atoms with van der Waals surface area (Å²) in [4.78, 5) is 0. The minimum atomic E-state index is -0.333. The Labute approximate surface area is 119 Å². The van der Waals surface area contributed by atoms with Crippen LogP contribution in [0, 0.1) is 12.7 Å². The van der Waals surface area contributed by atoms with Crippen molar-refractivity contribution in [2.75, 3.05) is 0 Å².